The number of hydrogen-bond acceptors (Lipinski definition) is 4. The molecule has 1 aromatic carbocycles. The van der Waals surface area contributed by atoms with Gasteiger partial charge in [-0.3, -0.25) is 14.3 Å². The predicted octanol–water partition coefficient (Wildman–Crippen LogP) is 5.97. The van der Waals surface area contributed by atoms with Gasteiger partial charge in [0.2, 0.25) is 5.69 Å². The number of carboxylic acids is 1. The number of aromatic nitrogens is 2. The summed E-state index contributed by atoms with van der Waals surface area (Å²) in [7, 11) is 0. The number of carboxylic acid groups (broad SMARTS) is 1. The fraction of sp³-hybridized carbons (Fsp3) is 0.690. The lowest BCUT2D eigenvalue weighted by molar-refractivity contribution is -0.0208. The molecule has 6 heteroatoms. The second-order valence-electron chi connectivity index (χ2n) is 11.8. The molecule has 4 atom stereocenters. The Morgan fingerprint density at radius 3 is 2.31 bits per heavy atom. The van der Waals surface area contributed by atoms with Crippen LogP contribution in [0.5, 0.6) is 0 Å². The van der Waals surface area contributed by atoms with Crippen LogP contribution < -0.4 is 5.56 Å². The molecule has 3 fully saturated rings. The quantitative estimate of drug-likeness (QED) is 0.587. The van der Waals surface area contributed by atoms with E-state index in [1.807, 2.05) is 28.8 Å². The van der Waals surface area contributed by atoms with Gasteiger partial charge in [0.25, 0.3) is 5.56 Å². The fourth-order valence-corrected chi connectivity index (χ4v) is 7.62. The van der Waals surface area contributed by atoms with Crippen LogP contribution in [-0.2, 0) is 5.54 Å². The van der Waals surface area contributed by atoms with Gasteiger partial charge in [0.05, 0.1) is 11.0 Å². The van der Waals surface area contributed by atoms with E-state index in [1.165, 1.54) is 57.8 Å². The molecule has 2 saturated heterocycles. The lowest BCUT2D eigenvalue weighted by atomic mass is 9.77. The van der Waals surface area contributed by atoms with Crippen LogP contribution in [-0.4, -0.2) is 43.7 Å². The summed E-state index contributed by atoms with van der Waals surface area (Å²) in [5.41, 5.74) is 0.0869. The Morgan fingerprint density at radius 1 is 0.943 bits per heavy atom. The van der Waals surface area contributed by atoms with Gasteiger partial charge in [-0.2, -0.15) is 0 Å². The number of hydrogen-bond donors (Lipinski definition) is 1. The highest BCUT2D eigenvalue weighted by Crippen LogP contribution is 2.45. The van der Waals surface area contributed by atoms with E-state index in [-0.39, 0.29) is 5.69 Å². The van der Waals surface area contributed by atoms with Crippen molar-refractivity contribution in [1.82, 2.24) is 14.5 Å². The Kier molecular flexibility index (Phi) is 7.02. The monoisotopic (exact) mass is 479 g/mol. The van der Waals surface area contributed by atoms with E-state index in [1.54, 1.807) is 0 Å². The zero-order valence-electron chi connectivity index (χ0n) is 21.4. The van der Waals surface area contributed by atoms with Gasteiger partial charge in [-0.1, -0.05) is 57.6 Å². The molecular formula is C29H41N3O3. The lowest BCUT2D eigenvalue weighted by Crippen LogP contribution is -2.59. The topological polar surface area (TPSA) is 75.4 Å². The van der Waals surface area contributed by atoms with Gasteiger partial charge in [0, 0.05) is 23.7 Å². The van der Waals surface area contributed by atoms with Crippen LogP contribution in [0, 0.1) is 5.92 Å². The van der Waals surface area contributed by atoms with Crippen LogP contribution in [0.1, 0.15) is 108 Å². The first-order valence-electron chi connectivity index (χ1n) is 13.9. The van der Waals surface area contributed by atoms with Crippen molar-refractivity contribution in [2.75, 3.05) is 0 Å². The summed E-state index contributed by atoms with van der Waals surface area (Å²) in [6.07, 6.45) is 16.0. The molecule has 2 aliphatic heterocycles. The summed E-state index contributed by atoms with van der Waals surface area (Å²) in [5, 5.41) is 9.77. The first-order chi connectivity index (χ1) is 16.9. The van der Waals surface area contributed by atoms with E-state index in [4.69, 9.17) is 0 Å². The molecule has 2 bridgehead atoms. The minimum Gasteiger partial charge on any atom is -0.476 e. The third-order valence-electron chi connectivity index (χ3n) is 9.11. The van der Waals surface area contributed by atoms with Crippen molar-refractivity contribution in [3.63, 3.8) is 0 Å². The van der Waals surface area contributed by atoms with Crippen LogP contribution in [0.25, 0.3) is 11.0 Å². The highest BCUT2D eigenvalue weighted by Gasteiger charge is 2.48. The van der Waals surface area contributed by atoms with E-state index in [0.29, 0.717) is 29.6 Å². The maximum Gasteiger partial charge on any atom is 0.360 e. The number of aromatic carboxylic acids is 1. The van der Waals surface area contributed by atoms with Crippen molar-refractivity contribution in [2.24, 2.45) is 5.92 Å². The zero-order valence-corrected chi connectivity index (χ0v) is 21.4. The van der Waals surface area contributed by atoms with Gasteiger partial charge in [0.1, 0.15) is 0 Å². The smallest absolute Gasteiger partial charge is 0.360 e. The van der Waals surface area contributed by atoms with Gasteiger partial charge < -0.3 is 5.11 Å². The van der Waals surface area contributed by atoms with Crippen LogP contribution >= 0.6 is 0 Å². The molecule has 0 amide bonds. The van der Waals surface area contributed by atoms with Gasteiger partial charge >= 0.3 is 5.97 Å². The molecule has 190 valence electrons. The molecule has 0 radical (unpaired) electrons. The van der Waals surface area contributed by atoms with Crippen LogP contribution in [0.3, 0.4) is 0 Å². The molecule has 0 spiro atoms. The van der Waals surface area contributed by atoms with Crippen molar-refractivity contribution in [3.8, 4) is 0 Å². The molecule has 4 unspecified atom stereocenters. The molecule has 1 aliphatic carbocycles. The van der Waals surface area contributed by atoms with Crippen LogP contribution in [0.4, 0.5) is 0 Å². The molecule has 5 rings (SSSR count). The Hall–Kier alpha value is -2.21. The summed E-state index contributed by atoms with van der Waals surface area (Å²) in [4.78, 5) is 32.7. The third kappa shape index (κ3) is 4.78. The SMILES string of the molecule is CC1CCC2CC(C)(n3c(=O)c(C(=O)O)nc4ccccc43)CC(C1)N2C1CCCCCCCC1. The number of nitrogens with zero attached hydrogens (tertiary/aromatic N) is 3. The van der Waals surface area contributed by atoms with E-state index >= 15 is 0 Å². The normalized spacial score (nSPS) is 31.3. The predicted molar refractivity (Wildman–Crippen MR) is 139 cm³/mol. The number of para-hydroxylation sites is 2. The lowest BCUT2D eigenvalue weighted by Gasteiger charge is -2.53. The zero-order chi connectivity index (χ0) is 24.6. The van der Waals surface area contributed by atoms with Crippen molar-refractivity contribution in [3.05, 3.63) is 40.3 Å². The molecule has 6 nitrogen and oxygen atoms in total. The summed E-state index contributed by atoms with van der Waals surface area (Å²) in [6.45, 7) is 4.58. The minimum absolute atomic E-state index is 0.361. The summed E-state index contributed by atoms with van der Waals surface area (Å²) >= 11 is 0. The average Bonchev–Trinajstić information content (AvgIpc) is 2.90. The molecule has 1 N–H and O–H groups in total. The molecule has 3 heterocycles. The molecule has 35 heavy (non-hydrogen) atoms. The van der Waals surface area contributed by atoms with E-state index in [2.05, 4.69) is 23.7 Å². The summed E-state index contributed by atoms with van der Waals surface area (Å²) in [6, 6.07) is 9.03. The highest BCUT2D eigenvalue weighted by atomic mass is 16.4. The second kappa shape index (κ2) is 10.0. The Morgan fingerprint density at radius 2 is 1.60 bits per heavy atom. The number of piperidine rings is 1. The largest absolute Gasteiger partial charge is 0.476 e. The number of rotatable bonds is 3. The maximum absolute atomic E-state index is 13.6. The molecule has 1 aromatic heterocycles. The van der Waals surface area contributed by atoms with Crippen LogP contribution in [0.2, 0.25) is 0 Å². The first kappa shape index (κ1) is 24.5. The van der Waals surface area contributed by atoms with E-state index in [0.717, 1.165) is 31.2 Å². The Labute approximate surface area is 208 Å². The third-order valence-corrected chi connectivity index (χ3v) is 9.11. The number of carbonyl (C=O) groups is 1. The molecule has 3 aliphatic rings. The van der Waals surface area contributed by atoms with Crippen molar-refractivity contribution < 1.29 is 9.90 Å². The standard InChI is InChI=1S/C29H41N3O3/c1-20-15-16-22-18-29(2,19-23(17-20)31(22)21-11-7-5-3-4-6-8-12-21)32-25-14-10-9-13-24(25)30-26(27(32)33)28(34)35/h9-10,13-14,20-23H,3-8,11-12,15-19H2,1-2H3,(H,34,35). The van der Waals surface area contributed by atoms with Gasteiger partial charge in [-0.05, 0) is 69.9 Å². The Bertz CT molecular complexity index is 1120. The average molecular weight is 480 g/mol. The molecule has 1 saturated carbocycles. The summed E-state index contributed by atoms with van der Waals surface area (Å²) in [5.74, 6) is -0.571. The highest BCUT2D eigenvalue weighted by molar-refractivity contribution is 5.88. The van der Waals surface area contributed by atoms with E-state index < -0.39 is 17.1 Å². The molecule has 2 aromatic rings. The van der Waals surface area contributed by atoms with Crippen molar-refractivity contribution >= 4 is 17.0 Å². The van der Waals surface area contributed by atoms with Gasteiger partial charge in [0.15, 0.2) is 0 Å². The van der Waals surface area contributed by atoms with Crippen LogP contribution in [0.15, 0.2) is 29.1 Å². The van der Waals surface area contributed by atoms with Gasteiger partial charge in [-0.15, -0.1) is 0 Å². The number of fused-ring (bicyclic) bond motifs is 3. The minimum atomic E-state index is -1.24. The van der Waals surface area contributed by atoms with Gasteiger partial charge in [-0.25, -0.2) is 9.78 Å². The van der Waals surface area contributed by atoms with E-state index in [9.17, 15) is 14.7 Å². The molecular weight excluding hydrogens is 438 g/mol. The Balaban J connectivity index is 1.57. The summed E-state index contributed by atoms with van der Waals surface area (Å²) < 4.78 is 1.81. The second-order valence-corrected chi connectivity index (χ2v) is 11.8. The fourth-order valence-electron chi connectivity index (χ4n) is 7.62. The maximum atomic E-state index is 13.6. The van der Waals surface area contributed by atoms with Crippen molar-refractivity contribution in [2.45, 2.75) is 121 Å². The van der Waals surface area contributed by atoms with Crippen molar-refractivity contribution in [1.29, 1.82) is 0 Å². The number of benzene rings is 1. The first-order valence-corrected chi connectivity index (χ1v) is 13.9.